The standard InChI is InChI=1S/C21H21N3O5S/c1-3-10-23-19(26)17(24(21(23)30)13-16-5-4-11-29-16)12-18(25)22-15-8-6-14(7-9-15)20(27)28-2/h3-9,11,17H,1,10,12-13H2,2H3,(H,22,25)/t17-/m1/s1. The third-order valence-corrected chi connectivity index (χ3v) is 5.05. The van der Waals surface area contributed by atoms with Crippen LogP contribution in [0.4, 0.5) is 5.69 Å². The Hall–Kier alpha value is -3.46. The first-order valence-corrected chi connectivity index (χ1v) is 9.59. The number of ether oxygens (including phenoxy) is 1. The summed E-state index contributed by atoms with van der Waals surface area (Å²) in [5.74, 6) is -0.447. The van der Waals surface area contributed by atoms with E-state index < -0.39 is 12.0 Å². The summed E-state index contributed by atoms with van der Waals surface area (Å²) in [5, 5.41) is 3.07. The van der Waals surface area contributed by atoms with Crippen LogP contribution >= 0.6 is 12.2 Å². The van der Waals surface area contributed by atoms with Crippen molar-refractivity contribution in [1.29, 1.82) is 0 Å². The van der Waals surface area contributed by atoms with Gasteiger partial charge in [-0.3, -0.25) is 14.5 Å². The van der Waals surface area contributed by atoms with Gasteiger partial charge in [0.15, 0.2) is 5.11 Å². The molecule has 0 spiro atoms. The molecule has 30 heavy (non-hydrogen) atoms. The lowest BCUT2D eigenvalue weighted by atomic mass is 10.1. The highest BCUT2D eigenvalue weighted by molar-refractivity contribution is 7.80. The van der Waals surface area contributed by atoms with Crippen LogP contribution in [0.5, 0.6) is 0 Å². The molecule has 1 atom stereocenters. The maximum Gasteiger partial charge on any atom is 0.337 e. The number of esters is 1. The van der Waals surface area contributed by atoms with Crippen LogP contribution in [0.2, 0.25) is 0 Å². The molecule has 1 aromatic carbocycles. The van der Waals surface area contributed by atoms with E-state index in [2.05, 4.69) is 16.6 Å². The normalized spacial score (nSPS) is 16.0. The Morgan fingerprint density at radius 1 is 1.30 bits per heavy atom. The van der Waals surface area contributed by atoms with E-state index in [0.717, 1.165) is 0 Å². The number of carbonyl (C=O) groups is 3. The number of furan rings is 1. The van der Waals surface area contributed by atoms with Crippen molar-refractivity contribution in [2.45, 2.75) is 19.0 Å². The third-order valence-electron chi connectivity index (χ3n) is 4.59. The molecule has 2 heterocycles. The summed E-state index contributed by atoms with van der Waals surface area (Å²) < 4.78 is 10.0. The molecular formula is C21H21N3O5S. The average Bonchev–Trinajstić information content (AvgIpc) is 3.33. The largest absolute Gasteiger partial charge is 0.467 e. The Morgan fingerprint density at radius 2 is 2.03 bits per heavy atom. The number of carbonyl (C=O) groups excluding carboxylic acids is 3. The molecule has 0 bridgehead atoms. The lowest BCUT2D eigenvalue weighted by molar-refractivity contribution is -0.130. The van der Waals surface area contributed by atoms with Crippen molar-refractivity contribution in [3.63, 3.8) is 0 Å². The fraction of sp³-hybridized carbons (Fsp3) is 0.238. The number of hydrogen-bond acceptors (Lipinski definition) is 6. The summed E-state index contributed by atoms with van der Waals surface area (Å²) in [7, 11) is 1.30. The van der Waals surface area contributed by atoms with Crippen molar-refractivity contribution in [2.24, 2.45) is 0 Å². The molecule has 0 unspecified atom stereocenters. The Morgan fingerprint density at radius 3 is 2.63 bits per heavy atom. The number of nitrogens with zero attached hydrogens (tertiary/aromatic N) is 2. The van der Waals surface area contributed by atoms with E-state index in [-0.39, 0.29) is 31.3 Å². The second-order valence-corrected chi connectivity index (χ2v) is 6.93. The molecule has 9 heteroatoms. The molecule has 1 saturated heterocycles. The fourth-order valence-corrected chi connectivity index (χ4v) is 3.49. The van der Waals surface area contributed by atoms with Gasteiger partial charge in [-0.25, -0.2) is 4.79 Å². The van der Waals surface area contributed by atoms with E-state index in [1.54, 1.807) is 47.4 Å². The number of thiocarbonyl (C=S) groups is 1. The van der Waals surface area contributed by atoms with Gasteiger partial charge < -0.3 is 19.4 Å². The molecule has 1 N–H and O–H groups in total. The first-order valence-electron chi connectivity index (χ1n) is 9.18. The molecule has 2 aromatic rings. The molecule has 1 aliphatic heterocycles. The first kappa shape index (κ1) is 21.3. The zero-order valence-electron chi connectivity index (χ0n) is 16.4. The predicted octanol–water partition coefficient (Wildman–Crippen LogP) is 2.58. The van der Waals surface area contributed by atoms with E-state index in [9.17, 15) is 14.4 Å². The first-order chi connectivity index (χ1) is 14.4. The Balaban J connectivity index is 1.71. The molecule has 0 aliphatic carbocycles. The minimum absolute atomic E-state index is 0.0912. The second kappa shape index (κ2) is 9.36. The minimum atomic E-state index is -0.753. The van der Waals surface area contributed by atoms with Crippen LogP contribution in [-0.4, -0.2) is 52.4 Å². The van der Waals surface area contributed by atoms with Crippen molar-refractivity contribution in [3.05, 3.63) is 66.6 Å². The van der Waals surface area contributed by atoms with Crippen LogP contribution in [0.3, 0.4) is 0 Å². The quantitative estimate of drug-likeness (QED) is 0.393. The molecule has 1 aliphatic rings. The predicted molar refractivity (Wildman–Crippen MR) is 114 cm³/mol. The topological polar surface area (TPSA) is 92.1 Å². The smallest absolute Gasteiger partial charge is 0.337 e. The molecule has 3 rings (SSSR count). The molecule has 2 amide bonds. The van der Waals surface area contributed by atoms with E-state index in [0.29, 0.717) is 22.1 Å². The maximum atomic E-state index is 12.9. The van der Waals surface area contributed by atoms with Gasteiger partial charge in [0.1, 0.15) is 11.8 Å². The van der Waals surface area contributed by atoms with Gasteiger partial charge in [0.05, 0.1) is 31.9 Å². The van der Waals surface area contributed by atoms with Gasteiger partial charge in [-0.2, -0.15) is 0 Å². The van der Waals surface area contributed by atoms with Gasteiger partial charge in [-0.15, -0.1) is 6.58 Å². The van der Waals surface area contributed by atoms with Crippen LogP contribution in [0.15, 0.2) is 59.7 Å². The molecule has 0 saturated carbocycles. The van der Waals surface area contributed by atoms with Crippen LogP contribution in [0.25, 0.3) is 0 Å². The zero-order valence-corrected chi connectivity index (χ0v) is 17.2. The van der Waals surface area contributed by atoms with Crippen molar-refractivity contribution in [1.82, 2.24) is 9.80 Å². The minimum Gasteiger partial charge on any atom is -0.467 e. The third kappa shape index (κ3) is 4.57. The summed E-state index contributed by atoms with van der Waals surface area (Å²) >= 11 is 5.45. The highest BCUT2D eigenvalue weighted by atomic mass is 32.1. The summed E-state index contributed by atoms with van der Waals surface area (Å²) in [6, 6.07) is 9.06. The van der Waals surface area contributed by atoms with Gasteiger partial charge in [-0.1, -0.05) is 6.08 Å². The van der Waals surface area contributed by atoms with Gasteiger partial charge in [0.25, 0.3) is 5.91 Å². The van der Waals surface area contributed by atoms with Crippen LogP contribution in [0, 0.1) is 0 Å². The number of nitrogens with one attached hydrogen (secondary N) is 1. The van der Waals surface area contributed by atoms with Crippen molar-refractivity contribution < 1.29 is 23.5 Å². The monoisotopic (exact) mass is 427 g/mol. The molecule has 8 nitrogen and oxygen atoms in total. The average molecular weight is 427 g/mol. The van der Waals surface area contributed by atoms with Crippen molar-refractivity contribution in [3.8, 4) is 0 Å². The molecule has 156 valence electrons. The van der Waals surface area contributed by atoms with Gasteiger partial charge in [0, 0.05) is 12.2 Å². The SMILES string of the molecule is C=CCN1C(=O)[C@@H](CC(=O)Nc2ccc(C(=O)OC)cc2)N(Cc2ccco2)C1=S. The Kier molecular flexibility index (Phi) is 6.63. The highest BCUT2D eigenvalue weighted by Gasteiger charge is 2.43. The summed E-state index contributed by atoms with van der Waals surface area (Å²) in [4.78, 5) is 40.1. The molecular weight excluding hydrogens is 406 g/mol. The van der Waals surface area contributed by atoms with E-state index in [1.807, 2.05) is 0 Å². The second-order valence-electron chi connectivity index (χ2n) is 6.56. The number of rotatable bonds is 8. The summed E-state index contributed by atoms with van der Waals surface area (Å²) in [6.45, 7) is 4.20. The van der Waals surface area contributed by atoms with Crippen LogP contribution < -0.4 is 5.32 Å². The number of benzene rings is 1. The highest BCUT2D eigenvalue weighted by Crippen LogP contribution is 2.24. The van der Waals surface area contributed by atoms with Crippen LogP contribution in [-0.2, 0) is 20.9 Å². The van der Waals surface area contributed by atoms with E-state index in [1.165, 1.54) is 18.3 Å². The zero-order chi connectivity index (χ0) is 21.7. The number of methoxy groups -OCH3 is 1. The van der Waals surface area contributed by atoms with E-state index >= 15 is 0 Å². The van der Waals surface area contributed by atoms with Gasteiger partial charge in [-0.05, 0) is 48.6 Å². The van der Waals surface area contributed by atoms with E-state index in [4.69, 9.17) is 16.6 Å². The van der Waals surface area contributed by atoms with Gasteiger partial charge in [0.2, 0.25) is 5.91 Å². The Bertz CT molecular complexity index is 956. The fourth-order valence-electron chi connectivity index (χ4n) is 3.13. The number of amides is 2. The number of hydrogen-bond donors (Lipinski definition) is 1. The molecule has 1 aromatic heterocycles. The lowest BCUT2D eigenvalue weighted by Gasteiger charge is -2.22. The van der Waals surface area contributed by atoms with Crippen molar-refractivity contribution in [2.75, 3.05) is 19.0 Å². The molecule has 0 radical (unpaired) electrons. The van der Waals surface area contributed by atoms with Crippen LogP contribution in [0.1, 0.15) is 22.5 Å². The summed E-state index contributed by atoms with van der Waals surface area (Å²) in [6.07, 6.45) is 3.03. The van der Waals surface area contributed by atoms with Crippen molar-refractivity contribution >= 4 is 40.8 Å². The van der Waals surface area contributed by atoms with Gasteiger partial charge >= 0.3 is 5.97 Å². The number of anilines is 1. The Labute approximate surface area is 179 Å². The summed E-state index contributed by atoms with van der Waals surface area (Å²) in [5.41, 5.74) is 0.873. The lowest BCUT2D eigenvalue weighted by Crippen LogP contribution is -2.37. The molecule has 1 fully saturated rings. The maximum absolute atomic E-state index is 12.9.